The summed E-state index contributed by atoms with van der Waals surface area (Å²) in [5.41, 5.74) is 2.97. The van der Waals surface area contributed by atoms with E-state index in [1.54, 1.807) is 10.3 Å². The highest BCUT2D eigenvalue weighted by Crippen LogP contribution is 2.22. The summed E-state index contributed by atoms with van der Waals surface area (Å²) in [5.74, 6) is 0.273. The zero-order valence-corrected chi connectivity index (χ0v) is 18.0. The van der Waals surface area contributed by atoms with Crippen LogP contribution in [0.5, 0.6) is 0 Å². The van der Waals surface area contributed by atoms with Gasteiger partial charge in [-0.1, -0.05) is 30.3 Å². The Kier molecular flexibility index (Phi) is 6.08. The molecule has 0 unspecified atom stereocenters. The number of hydrogen-bond acceptors (Lipinski definition) is 8. The third-order valence-corrected chi connectivity index (χ3v) is 5.39. The quantitative estimate of drug-likeness (QED) is 0.609. The van der Waals surface area contributed by atoms with E-state index in [1.807, 2.05) is 50.2 Å². The van der Waals surface area contributed by atoms with Gasteiger partial charge < -0.3 is 20.3 Å². The van der Waals surface area contributed by atoms with Gasteiger partial charge in [0.25, 0.3) is 5.91 Å². The molecule has 0 atom stereocenters. The van der Waals surface area contributed by atoms with Crippen molar-refractivity contribution in [3.63, 3.8) is 0 Å². The Morgan fingerprint density at radius 2 is 1.84 bits per heavy atom. The number of amides is 2. The van der Waals surface area contributed by atoms with Crippen LogP contribution in [-0.2, 0) is 11.3 Å². The van der Waals surface area contributed by atoms with Gasteiger partial charge in [0.15, 0.2) is 5.13 Å². The van der Waals surface area contributed by atoms with E-state index < -0.39 is 6.09 Å². The van der Waals surface area contributed by atoms with Gasteiger partial charge in [0.2, 0.25) is 5.95 Å². The first kappa shape index (κ1) is 20.7. The summed E-state index contributed by atoms with van der Waals surface area (Å²) in [5, 5.41) is 8.05. The molecule has 3 aromatic rings. The Morgan fingerprint density at radius 3 is 2.55 bits per heavy atom. The van der Waals surface area contributed by atoms with Gasteiger partial charge in [0.05, 0.1) is 6.04 Å². The van der Waals surface area contributed by atoms with Crippen molar-refractivity contribution in [2.45, 2.75) is 26.5 Å². The molecular formula is C21H22N6O3S. The molecule has 2 amide bonds. The highest BCUT2D eigenvalue weighted by molar-refractivity contribution is 7.14. The van der Waals surface area contributed by atoms with Crippen molar-refractivity contribution < 1.29 is 14.3 Å². The standard InChI is InChI=1S/C21H22N6O3S/c1-13-8-14(2)23-19(22-13)26-20-25-17(12-31-20)18(28)27-9-16(10-27)24-21(29)30-11-15-6-4-3-5-7-15/h3-8,12,16H,9-11H2,1-2H3,(H,24,29)(H,22,23,25,26). The lowest BCUT2D eigenvalue weighted by atomic mass is 10.1. The minimum Gasteiger partial charge on any atom is -0.445 e. The SMILES string of the molecule is Cc1cc(C)nc(Nc2nc(C(=O)N3CC(NC(=O)OCc4ccccc4)C3)cs2)n1. The third kappa shape index (κ3) is 5.34. The molecule has 0 bridgehead atoms. The van der Waals surface area contributed by atoms with Crippen LogP contribution in [0.3, 0.4) is 0 Å². The number of aromatic nitrogens is 3. The zero-order chi connectivity index (χ0) is 21.8. The second kappa shape index (κ2) is 9.09. The van der Waals surface area contributed by atoms with Crippen LogP contribution in [0.4, 0.5) is 15.9 Å². The highest BCUT2D eigenvalue weighted by Gasteiger charge is 2.33. The van der Waals surface area contributed by atoms with Crippen LogP contribution in [0.25, 0.3) is 0 Å². The second-order valence-corrected chi connectivity index (χ2v) is 8.11. The number of ether oxygens (including phenoxy) is 1. The van der Waals surface area contributed by atoms with Crippen LogP contribution in [-0.4, -0.2) is 51.0 Å². The number of aryl methyl sites for hydroxylation is 2. The summed E-state index contributed by atoms with van der Waals surface area (Å²) >= 11 is 1.31. The van der Waals surface area contributed by atoms with Crippen LogP contribution in [0.1, 0.15) is 27.4 Å². The smallest absolute Gasteiger partial charge is 0.407 e. The largest absolute Gasteiger partial charge is 0.445 e. The Morgan fingerprint density at radius 1 is 1.13 bits per heavy atom. The van der Waals surface area contributed by atoms with Crippen molar-refractivity contribution in [1.29, 1.82) is 0 Å². The van der Waals surface area contributed by atoms with Gasteiger partial charge in [-0.3, -0.25) is 4.79 Å². The summed E-state index contributed by atoms with van der Waals surface area (Å²) in [6.45, 7) is 4.82. The molecule has 0 aliphatic carbocycles. The summed E-state index contributed by atoms with van der Waals surface area (Å²) in [6, 6.07) is 11.2. The zero-order valence-electron chi connectivity index (χ0n) is 17.2. The summed E-state index contributed by atoms with van der Waals surface area (Å²) < 4.78 is 5.21. The van der Waals surface area contributed by atoms with Crippen molar-refractivity contribution in [3.05, 3.63) is 64.4 Å². The normalized spacial score (nSPS) is 13.4. The highest BCUT2D eigenvalue weighted by atomic mass is 32.1. The number of nitrogens with zero attached hydrogens (tertiary/aromatic N) is 4. The number of carbonyl (C=O) groups is 2. The molecule has 31 heavy (non-hydrogen) atoms. The molecule has 3 heterocycles. The monoisotopic (exact) mass is 438 g/mol. The number of benzene rings is 1. The molecule has 9 nitrogen and oxygen atoms in total. The second-order valence-electron chi connectivity index (χ2n) is 7.25. The fourth-order valence-electron chi connectivity index (χ4n) is 3.14. The number of nitrogens with one attached hydrogen (secondary N) is 2. The maximum Gasteiger partial charge on any atom is 0.407 e. The van der Waals surface area contributed by atoms with E-state index in [1.165, 1.54) is 11.3 Å². The fraction of sp³-hybridized carbons (Fsp3) is 0.286. The molecule has 1 saturated heterocycles. The lowest BCUT2D eigenvalue weighted by Crippen LogP contribution is -2.61. The van der Waals surface area contributed by atoms with E-state index in [-0.39, 0.29) is 18.6 Å². The van der Waals surface area contributed by atoms with Gasteiger partial charge in [0, 0.05) is 29.9 Å². The Balaban J connectivity index is 1.24. The predicted molar refractivity (Wildman–Crippen MR) is 116 cm³/mol. The average molecular weight is 439 g/mol. The minimum atomic E-state index is -0.491. The van der Waals surface area contributed by atoms with Crippen molar-refractivity contribution in [2.24, 2.45) is 0 Å². The first-order valence-electron chi connectivity index (χ1n) is 9.77. The fourth-order valence-corrected chi connectivity index (χ4v) is 3.81. The van der Waals surface area contributed by atoms with Crippen molar-refractivity contribution in [1.82, 2.24) is 25.2 Å². The van der Waals surface area contributed by atoms with Crippen molar-refractivity contribution in [2.75, 3.05) is 18.4 Å². The van der Waals surface area contributed by atoms with E-state index in [4.69, 9.17) is 4.74 Å². The number of carbonyl (C=O) groups excluding carboxylic acids is 2. The van der Waals surface area contributed by atoms with Gasteiger partial charge in [-0.05, 0) is 25.5 Å². The molecule has 0 radical (unpaired) electrons. The van der Waals surface area contributed by atoms with Crippen LogP contribution in [0.2, 0.25) is 0 Å². The molecule has 0 spiro atoms. The number of rotatable bonds is 6. The minimum absolute atomic E-state index is 0.132. The van der Waals surface area contributed by atoms with Gasteiger partial charge in [-0.15, -0.1) is 11.3 Å². The molecule has 1 aliphatic heterocycles. The molecule has 4 rings (SSSR count). The van der Waals surface area contributed by atoms with Crippen molar-refractivity contribution >= 4 is 34.4 Å². The summed E-state index contributed by atoms with van der Waals surface area (Å²) in [6.07, 6.45) is -0.491. The number of anilines is 2. The van der Waals surface area contributed by atoms with Gasteiger partial charge in [-0.2, -0.15) is 0 Å². The predicted octanol–water partition coefficient (Wildman–Crippen LogP) is 3.04. The van der Waals surface area contributed by atoms with Gasteiger partial charge in [-0.25, -0.2) is 19.7 Å². The molecule has 0 saturated carbocycles. The summed E-state index contributed by atoms with van der Waals surface area (Å²) in [7, 11) is 0. The molecule has 1 aromatic carbocycles. The van der Waals surface area contributed by atoms with Crippen molar-refractivity contribution in [3.8, 4) is 0 Å². The topological polar surface area (TPSA) is 109 Å². The first-order chi connectivity index (χ1) is 15.0. The molecule has 160 valence electrons. The average Bonchev–Trinajstić information content (AvgIpc) is 3.17. The van der Waals surface area contributed by atoms with Crippen LogP contribution < -0.4 is 10.6 Å². The summed E-state index contributed by atoms with van der Waals surface area (Å²) in [4.78, 5) is 39.1. The molecule has 1 fully saturated rings. The number of likely N-dealkylation sites (tertiary alicyclic amines) is 1. The lowest BCUT2D eigenvalue weighted by Gasteiger charge is -2.38. The van der Waals surface area contributed by atoms with E-state index >= 15 is 0 Å². The van der Waals surface area contributed by atoms with Crippen LogP contribution in [0.15, 0.2) is 41.8 Å². The Hall–Kier alpha value is -3.53. The lowest BCUT2D eigenvalue weighted by molar-refractivity contribution is 0.0541. The number of alkyl carbamates (subject to hydrolysis) is 1. The molecule has 2 N–H and O–H groups in total. The van der Waals surface area contributed by atoms with E-state index in [0.717, 1.165) is 17.0 Å². The maximum absolute atomic E-state index is 12.6. The maximum atomic E-state index is 12.6. The van der Waals surface area contributed by atoms with Gasteiger partial charge >= 0.3 is 6.09 Å². The number of hydrogen-bond donors (Lipinski definition) is 2. The molecular weight excluding hydrogens is 416 g/mol. The molecule has 10 heteroatoms. The van der Waals surface area contributed by atoms with E-state index in [2.05, 4.69) is 25.6 Å². The first-order valence-corrected chi connectivity index (χ1v) is 10.7. The van der Waals surface area contributed by atoms with E-state index in [9.17, 15) is 9.59 Å². The molecule has 1 aliphatic rings. The molecule has 2 aromatic heterocycles. The van der Waals surface area contributed by atoms with Gasteiger partial charge in [0.1, 0.15) is 12.3 Å². The Bertz CT molecular complexity index is 1060. The third-order valence-electron chi connectivity index (χ3n) is 4.63. The van der Waals surface area contributed by atoms with E-state index in [0.29, 0.717) is 29.9 Å². The number of thiazole rings is 1. The van der Waals surface area contributed by atoms with Crippen LogP contribution >= 0.6 is 11.3 Å². The Labute approximate surface area is 183 Å². The van der Waals surface area contributed by atoms with Crippen LogP contribution in [0, 0.1) is 13.8 Å².